The van der Waals surface area contributed by atoms with Crippen molar-refractivity contribution >= 4 is 29.3 Å². The van der Waals surface area contributed by atoms with Gasteiger partial charge in [0.1, 0.15) is 5.76 Å². The maximum atomic E-state index is 11.6. The first kappa shape index (κ1) is 14.8. The van der Waals surface area contributed by atoms with E-state index in [0.717, 1.165) is 11.3 Å². The van der Waals surface area contributed by atoms with E-state index in [4.69, 9.17) is 16.0 Å². The van der Waals surface area contributed by atoms with Crippen LogP contribution >= 0.6 is 23.4 Å². The van der Waals surface area contributed by atoms with Gasteiger partial charge in [-0.15, -0.1) is 11.8 Å². The Balaban J connectivity index is 1.69. The van der Waals surface area contributed by atoms with Crippen molar-refractivity contribution in [3.63, 3.8) is 0 Å². The molecule has 1 aromatic carbocycles. The van der Waals surface area contributed by atoms with Gasteiger partial charge in [0, 0.05) is 17.6 Å². The Morgan fingerprint density at radius 1 is 1.35 bits per heavy atom. The number of benzene rings is 1. The number of carbonyl (C=O) groups excluding carboxylic acids is 1. The predicted molar refractivity (Wildman–Crippen MR) is 82.4 cm³/mol. The van der Waals surface area contributed by atoms with Gasteiger partial charge in [0.2, 0.25) is 5.91 Å². The van der Waals surface area contributed by atoms with Gasteiger partial charge in [-0.3, -0.25) is 4.79 Å². The Bertz CT molecular complexity index is 581. The van der Waals surface area contributed by atoms with E-state index in [1.165, 1.54) is 17.8 Å². The number of carbonyl (C=O) groups is 1. The van der Waals surface area contributed by atoms with Gasteiger partial charge in [0.15, 0.2) is 0 Å². The molecule has 1 amide bonds. The van der Waals surface area contributed by atoms with Crippen molar-refractivity contribution in [3.8, 4) is 0 Å². The molecule has 0 fully saturated rings. The molecule has 20 heavy (non-hydrogen) atoms. The minimum Gasteiger partial charge on any atom is -0.468 e. The summed E-state index contributed by atoms with van der Waals surface area (Å²) in [7, 11) is 0. The highest BCUT2D eigenvalue weighted by Crippen LogP contribution is 2.13. The van der Waals surface area contributed by atoms with Crippen LogP contribution in [-0.4, -0.2) is 5.91 Å². The van der Waals surface area contributed by atoms with E-state index in [-0.39, 0.29) is 5.91 Å². The zero-order valence-electron chi connectivity index (χ0n) is 10.7. The molecule has 0 aliphatic rings. The Hall–Kier alpha value is -1.65. The van der Waals surface area contributed by atoms with Crippen molar-refractivity contribution < 1.29 is 9.21 Å². The lowest BCUT2D eigenvalue weighted by Crippen LogP contribution is -2.20. The van der Waals surface area contributed by atoms with Crippen molar-refractivity contribution in [3.05, 3.63) is 70.5 Å². The summed E-state index contributed by atoms with van der Waals surface area (Å²) in [4.78, 5) is 11.6. The van der Waals surface area contributed by atoms with Gasteiger partial charge in [0.05, 0.1) is 12.0 Å². The summed E-state index contributed by atoms with van der Waals surface area (Å²) in [5.41, 5.74) is 0.975. The first-order valence-corrected chi connectivity index (χ1v) is 7.49. The topological polar surface area (TPSA) is 42.2 Å². The van der Waals surface area contributed by atoms with Crippen molar-refractivity contribution in [1.29, 1.82) is 0 Å². The lowest BCUT2D eigenvalue weighted by Gasteiger charge is -2.02. The Labute approximate surface area is 127 Å². The van der Waals surface area contributed by atoms with Crippen LogP contribution in [-0.2, 0) is 17.1 Å². The Morgan fingerprint density at radius 2 is 2.25 bits per heavy atom. The van der Waals surface area contributed by atoms with E-state index in [0.29, 0.717) is 17.3 Å². The second-order valence-corrected chi connectivity index (χ2v) is 5.37. The van der Waals surface area contributed by atoms with Crippen molar-refractivity contribution in [2.75, 3.05) is 0 Å². The normalized spacial score (nSPS) is 10.8. The van der Waals surface area contributed by atoms with Crippen LogP contribution in [0.25, 0.3) is 0 Å². The van der Waals surface area contributed by atoms with Gasteiger partial charge in [-0.1, -0.05) is 23.7 Å². The summed E-state index contributed by atoms with van der Waals surface area (Å²) in [5, 5.41) is 5.23. The largest absolute Gasteiger partial charge is 0.468 e. The third-order valence-corrected chi connectivity index (χ3v) is 3.49. The number of thioether (sulfide) groups is 1. The second-order valence-electron chi connectivity index (χ2n) is 4.04. The Morgan fingerprint density at radius 3 is 3.00 bits per heavy atom. The summed E-state index contributed by atoms with van der Waals surface area (Å²) in [6.45, 7) is 0.465. The molecule has 104 valence electrons. The summed E-state index contributed by atoms with van der Waals surface area (Å²) in [6, 6.07) is 11.2. The number of halogens is 1. The molecule has 0 aliphatic heterocycles. The molecule has 2 rings (SSSR count). The molecule has 3 nitrogen and oxygen atoms in total. The summed E-state index contributed by atoms with van der Waals surface area (Å²) in [5.74, 6) is 1.47. The summed E-state index contributed by atoms with van der Waals surface area (Å²) in [6.07, 6.45) is 3.15. The third kappa shape index (κ3) is 5.15. The zero-order chi connectivity index (χ0) is 14.2. The maximum Gasteiger partial charge on any atom is 0.244 e. The molecular formula is C15H14ClNO2S. The average molecular weight is 308 g/mol. The van der Waals surface area contributed by atoms with Gasteiger partial charge in [-0.05, 0) is 35.2 Å². The van der Waals surface area contributed by atoms with Crippen LogP contribution in [0.4, 0.5) is 0 Å². The van der Waals surface area contributed by atoms with E-state index in [1.807, 2.05) is 30.3 Å². The number of hydrogen-bond donors (Lipinski definition) is 1. The fourth-order valence-corrected chi connectivity index (χ4v) is 2.39. The second kappa shape index (κ2) is 7.82. The molecule has 2 aromatic rings. The lowest BCUT2D eigenvalue weighted by molar-refractivity contribution is -0.116. The van der Waals surface area contributed by atoms with Gasteiger partial charge >= 0.3 is 0 Å². The van der Waals surface area contributed by atoms with Gasteiger partial charge in [0.25, 0.3) is 0 Å². The van der Waals surface area contributed by atoms with Crippen LogP contribution in [0.1, 0.15) is 11.3 Å². The maximum absolute atomic E-state index is 11.6. The SMILES string of the molecule is O=C(/C=C/SCc1ccco1)NCc1cccc(Cl)c1. The van der Waals surface area contributed by atoms with E-state index < -0.39 is 0 Å². The van der Waals surface area contributed by atoms with Crippen LogP contribution < -0.4 is 5.32 Å². The monoisotopic (exact) mass is 307 g/mol. The number of nitrogens with one attached hydrogen (secondary N) is 1. The van der Waals surface area contributed by atoms with E-state index in [9.17, 15) is 4.79 Å². The van der Waals surface area contributed by atoms with Crippen LogP contribution in [0.3, 0.4) is 0 Å². The van der Waals surface area contributed by atoms with Crippen LogP contribution in [0, 0.1) is 0 Å². The van der Waals surface area contributed by atoms with Gasteiger partial charge in [-0.2, -0.15) is 0 Å². The lowest BCUT2D eigenvalue weighted by atomic mass is 10.2. The van der Waals surface area contributed by atoms with Gasteiger partial charge in [-0.25, -0.2) is 0 Å². The fraction of sp³-hybridized carbons (Fsp3) is 0.133. The first-order chi connectivity index (χ1) is 9.74. The molecule has 0 spiro atoms. The molecule has 0 radical (unpaired) electrons. The molecule has 0 unspecified atom stereocenters. The molecule has 0 atom stereocenters. The van der Waals surface area contributed by atoms with Crippen molar-refractivity contribution in [2.24, 2.45) is 0 Å². The van der Waals surface area contributed by atoms with Crippen molar-refractivity contribution in [2.45, 2.75) is 12.3 Å². The standard InChI is InChI=1S/C15H14ClNO2S/c16-13-4-1-3-12(9-13)10-17-15(18)6-8-20-11-14-5-2-7-19-14/h1-9H,10-11H2,(H,17,18)/b8-6+. The van der Waals surface area contributed by atoms with Crippen LogP contribution in [0.15, 0.2) is 58.6 Å². The highest BCUT2D eigenvalue weighted by molar-refractivity contribution is 8.01. The van der Waals surface area contributed by atoms with Crippen LogP contribution in [0.5, 0.6) is 0 Å². The highest BCUT2D eigenvalue weighted by Gasteiger charge is 1.98. The predicted octanol–water partition coefficient (Wildman–Crippen LogP) is 4.00. The van der Waals surface area contributed by atoms with Crippen LogP contribution in [0.2, 0.25) is 5.02 Å². The molecule has 5 heteroatoms. The molecule has 0 bridgehead atoms. The minimum absolute atomic E-state index is 0.128. The highest BCUT2D eigenvalue weighted by atomic mass is 35.5. The molecular weight excluding hydrogens is 294 g/mol. The third-order valence-electron chi connectivity index (χ3n) is 2.48. The van der Waals surface area contributed by atoms with E-state index in [2.05, 4.69) is 5.32 Å². The fourth-order valence-electron chi connectivity index (χ4n) is 1.53. The number of amides is 1. The smallest absolute Gasteiger partial charge is 0.244 e. The van der Waals surface area contributed by atoms with Gasteiger partial charge < -0.3 is 9.73 Å². The number of furan rings is 1. The average Bonchev–Trinajstić information content (AvgIpc) is 2.95. The molecule has 0 aliphatic carbocycles. The summed E-state index contributed by atoms with van der Waals surface area (Å²) < 4.78 is 5.19. The van der Waals surface area contributed by atoms with E-state index in [1.54, 1.807) is 17.7 Å². The molecule has 1 aromatic heterocycles. The number of rotatable bonds is 6. The first-order valence-electron chi connectivity index (χ1n) is 6.07. The quantitative estimate of drug-likeness (QED) is 0.820. The Kier molecular flexibility index (Phi) is 5.77. The summed E-state index contributed by atoms with van der Waals surface area (Å²) >= 11 is 7.38. The minimum atomic E-state index is -0.128. The molecule has 0 saturated heterocycles. The van der Waals surface area contributed by atoms with E-state index >= 15 is 0 Å². The molecule has 0 saturated carbocycles. The molecule has 1 heterocycles. The number of hydrogen-bond acceptors (Lipinski definition) is 3. The van der Waals surface area contributed by atoms with Crippen molar-refractivity contribution in [1.82, 2.24) is 5.32 Å². The zero-order valence-corrected chi connectivity index (χ0v) is 12.3. The molecule has 1 N–H and O–H groups in total.